The van der Waals surface area contributed by atoms with E-state index in [1.54, 1.807) is 6.92 Å². The number of anilines is 2. The molecule has 0 aliphatic rings. The number of nitrogens with two attached hydrogens (primary N) is 1. The lowest BCUT2D eigenvalue weighted by Crippen LogP contribution is -2.16. The summed E-state index contributed by atoms with van der Waals surface area (Å²) >= 11 is 0. The molecule has 0 saturated heterocycles. The molecule has 0 spiro atoms. The predicted octanol–water partition coefficient (Wildman–Crippen LogP) is 2.66. The summed E-state index contributed by atoms with van der Waals surface area (Å²) in [7, 11) is -2.59. The molecule has 2 rings (SSSR count). The van der Waals surface area contributed by atoms with Crippen LogP contribution in [0.2, 0.25) is 0 Å². The van der Waals surface area contributed by atoms with E-state index in [-0.39, 0.29) is 4.90 Å². The minimum Gasteiger partial charge on any atom is -0.497 e. The van der Waals surface area contributed by atoms with E-state index in [0.29, 0.717) is 11.3 Å². The Kier molecular flexibility index (Phi) is 4.23. The second kappa shape index (κ2) is 5.80. The lowest BCUT2D eigenvalue weighted by molar-refractivity contribution is 0.414. The number of nitrogens with one attached hydrogen (secondary N) is 1. The van der Waals surface area contributed by atoms with Gasteiger partial charge in [0.15, 0.2) is 5.82 Å². The van der Waals surface area contributed by atoms with Gasteiger partial charge in [-0.25, -0.2) is 17.2 Å². The molecule has 8 heteroatoms. The van der Waals surface area contributed by atoms with Gasteiger partial charge in [-0.2, -0.15) is 0 Å². The van der Waals surface area contributed by atoms with E-state index in [1.165, 1.54) is 25.3 Å². The lowest BCUT2D eigenvalue weighted by Gasteiger charge is -2.13. The minimum atomic E-state index is -4.04. The fourth-order valence-electron chi connectivity index (χ4n) is 1.90. The van der Waals surface area contributed by atoms with Crippen LogP contribution in [0.15, 0.2) is 35.2 Å². The Balaban J connectivity index is 2.42. The predicted molar refractivity (Wildman–Crippen MR) is 79.3 cm³/mol. The smallest absolute Gasteiger partial charge is 0.262 e. The van der Waals surface area contributed by atoms with Gasteiger partial charge in [-0.1, -0.05) is 0 Å². The second-order valence-electron chi connectivity index (χ2n) is 4.56. The van der Waals surface area contributed by atoms with Gasteiger partial charge in [-0.15, -0.1) is 0 Å². The molecule has 3 N–H and O–H groups in total. The molecule has 0 heterocycles. The summed E-state index contributed by atoms with van der Waals surface area (Å²) in [6, 6.07) is 6.19. The van der Waals surface area contributed by atoms with Crippen molar-refractivity contribution in [3.8, 4) is 5.75 Å². The first-order valence-corrected chi connectivity index (χ1v) is 7.65. The van der Waals surface area contributed by atoms with E-state index >= 15 is 0 Å². The standard InChI is InChI=1S/C14H14F2N2O3S/c1-8-7-9(21-2)3-6-12(8)22(19,20)18-11-5-4-10(15)14(17)13(11)16/h3-7,18H,17H2,1-2H3. The Morgan fingerprint density at radius 2 is 1.86 bits per heavy atom. The first kappa shape index (κ1) is 16.0. The minimum absolute atomic E-state index is 0.0457. The zero-order valence-corrected chi connectivity index (χ0v) is 12.7. The van der Waals surface area contributed by atoms with Gasteiger partial charge in [-0.05, 0) is 42.8 Å². The van der Waals surface area contributed by atoms with Crippen molar-refractivity contribution in [2.75, 3.05) is 17.6 Å². The number of hydrogen-bond acceptors (Lipinski definition) is 4. The molecule has 22 heavy (non-hydrogen) atoms. The molecular weight excluding hydrogens is 314 g/mol. The van der Waals surface area contributed by atoms with Crippen molar-refractivity contribution in [1.29, 1.82) is 0 Å². The van der Waals surface area contributed by atoms with Crippen molar-refractivity contribution >= 4 is 21.4 Å². The molecule has 0 unspecified atom stereocenters. The summed E-state index contributed by atoms with van der Waals surface area (Å²) in [5.41, 5.74) is 4.46. The maximum atomic E-state index is 13.8. The molecule has 118 valence electrons. The summed E-state index contributed by atoms with van der Waals surface area (Å²) in [5, 5.41) is 0. The van der Waals surface area contributed by atoms with Crippen LogP contribution in [0, 0.1) is 18.6 Å². The number of sulfonamides is 1. The van der Waals surface area contributed by atoms with Gasteiger partial charge in [-0.3, -0.25) is 4.72 Å². The highest BCUT2D eigenvalue weighted by atomic mass is 32.2. The van der Waals surface area contributed by atoms with Crippen LogP contribution in [0.3, 0.4) is 0 Å². The van der Waals surface area contributed by atoms with Crippen LogP contribution < -0.4 is 15.2 Å². The summed E-state index contributed by atoms with van der Waals surface area (Å²) in [4.78, 5) is -0.0457. The number of methoxy groups -OCH3 is 1. The topological polar surface area (TPSA) is 81.4 Å². The van der Waals surface area contributed by atoms with Crippen LogP contribution in [0.4, 0.5) is 20.2 Å². The third kappa shape index (κ3) is 2.96. The molecule has 5 nitrogen and oxygen atoms in total. The molecule has 0 radical (unpaired) electrons. The number of halogens is 2. The van der Waals surface area contributed by atoms with E-state index in [4.69, 9.17) is 10.5 Å². The van der Waals surface area contributed by atoms with Crippen LogP contribution in [0.5, 0.6) is 5.75 Å². The van der Waals surface area contributed by atoms with Gasteiger partial charge in [0.1, 0.15) is 17.3 Å². The van der Waals surface area contributed by atoms with Crippen molar-refractivity contribution in [3.63, 3.8) is 0 Å². The van der Waals surface area contributed by atoms with E-state index < -0.39 is 33.0 Å². The Morgan fingerprint density at radius 1 is 1.18 bits per heavy atom. The lowest BCUT2D eigenvalue weighted by atomic mass is 10.2. The van der Waals surface area contributed by atoms with Gasteiger partial charge < -0.3 is 10.5 Å². The highest BCUT2D eigenvalue weighted by Crippen LogP contribution is 2.27. The third-order valence-electron chi connectivity index (χ3n) is 3.04. The highest BCUT2D eigenvalue weighted by Gasteiger charge is 2.20. The number of rotatable bonds is 4. The van der Waals surface area contributed by atoms with E-state index in [2.05, 4.69) is 4.72 Å². The summed E-state index contributed by atoms with van der Waals surface area (Å²) < 4.78 is 58.6. The molecule has 0 bridgehead atoms. The van der Waals surface area contributed by atoms with Crippen molar-refractivity contribution in [2.45, 2.75) is 11.8 Å². The number of ether oxygens (including phenoxy) is 1. The first-order chi connectivity index (χ1) is 10.3. The maximum absolute atomic E-state index is 13.8. The van der Waals surface area contributed by atoms with E-state index in [9.17, 15) is 17.2 Å². The normalized spacial score (nSPS) is 11.3. The number of nitrogen functional groups attached to an aromatic ring is 1. The van der Waals surface area contributed by atoms with Crippen LogP contribution in [0.1, 0.15) is 5.56 Å². The average molecular weight is 328 g/mol. The van der Waals surface area contributed by atoms with Gasteiger partial charge in [0, 0.05) is 0 Å². The fourth-order valence-corrected chi connectivity index (χ4v) is 3.19. The van der Waals surface area contributed by atoms with Crippen LogP contribution in [-0.2, 0) is 10.0 Å². The molecule has 0 aliphatic carbocycles. The number of benzene rings is 2. The van der Waals surface area contributed by atoms with Gasteiger partial charge >= 0.3 is 0 Å². The molecule has 0 atom stereocenters. The summed E-state index contributed by atoms with van der Waals surface area (Å²) in [5.74, 6) is -1.62. The Labute approximate surface area is 126 Å². The Morgan fingerprint density at radius 3 is 2.45 bits per heavy atom. The van der Waals surface area contributed by atoms with Crippen LogP contribution in [0.25, 0.3) is 0 Å². The van der Waals surface area contributed by atoms with Gasteiger partial charge in [0.2, 0.25) is 0 Å². The Bertz CT molecular complexity index is 823. The largest absolute Gasteiger partial charge is 0.497 e. The molecule has 2 aromatic carbocycles. The monoisotopic (exact) mass is 328 g/mol. The third-order valence-corrected chi connectivity index (χ3v) is 4.57. The zero-order valence-electron chi connectivity index (χ0n) is 11.9. The molecule has 0 saturated carbocycles. The zero-order chi connectivity index (χ0) is 16.5. The van der Waals surface area contributed by atoms with Crippen molar-refractivity contribution in [3.05, 3.63) is 47.5 Å². The van der Waals surface area contributed by atoms with Crippen molar-refractivity contribution in [1.82, 2.24) is 0 Å². The van der Waals surface area contributed by atoms with Gasteiger partial charge in [0.25, 0.3) is 10.0 Å². The second-order valence-corrected chi connectivity index (χ2v) is 6.21. The van der Waals surface area contributed by atoms with Gasteiger partial charge in [0.05, 0.1) is 17.7 Å². The number of aryl methyl sites for hydroxylation is 1. The average Bonchev–Trinajstić information content (AvgIpc) is 2.47. The Hall–Kier alpha value is -2.35. The maximum Gasteiger partial charge on any atom is 0.262 e. The quantitative estimate of drug-likeness (QED) is 0.846. The molecule has 0 aromatic heterocycles. The van der Waals surface area contributed by atoms with Crippen molar-refractivity contribution < 1.29 is 21.9 Å². The van der Waals surface area contributed by atoms with Crippen LogP contribution >= 0.6 is 0 Å². The summed E-state index contributed by atoms with van der Waals surface area (Å²) in [6.07, 6.45) is 0. The fraction of sp³-hybridized carbons (Fsp3) is 0.143. The molecular formula is C14H14F2N2O3S. The molecule has 0 fully saturated rings. The molecule has 2 aromatic rings. The highest BCUT2D eigenvalue weighted by molar-refractivity contribution is 7.92. The van der Waals surface area contributed by atoms with E-state index in [1.807, 2.05) is 0 Å². The summed E-state index contributed by atoms with van der Waals surface area (Å²) in [6.45, 7) is 1.58. The number of hydrogen-bond donors (Lipinski definition) is 2. The van der Waals surface area contributed by atoms with E-state index in [0.717, 1.165) is 12.1 Å². The van der Waals surface area contributed by atoms with Crippen LogP contribution in [-0.4, -0.2) is 15.5 Å². The molecule has 0 amide bonds. The SMILES string of the molecule is COc1ccc(S(=O)(=O)Nc2ccc(F)c(N)c2F)c(C)c1. The first-order valence-electron chi connectivity index (χ1n) is 6.17. The van der Waals surface area contributed by atoms with Crippen molar-refractivity contribution in [2.24, 2.45) is 0 Å². The molecule has 0 aliphatic heterocycles.